The smallest absolute Gasteiger partial charge is 0.416 e. The van der Waals surface area contributed by atoms with Crippen LogP contribution in [0.4, 0.5) is 13.2 Å². The highest BCUT2D eigenvalue weighted by Crippen LogP contribution is 2.29. The van der Waals surface area contributed by atoms with Gasteiger partial charge in [-0.3, -0.25) is 4.79 Å². The second kappa shape index (κ2) is 8.52. The Morgan fingerprint density at radius 1 is 1.25 bits per heavy atom. The molecule has 0 radical (unpaired) electrons. The predicted molar refractivity (Wildman–Crippen MR) is 83.9 cm³/mol. The van der Waals surface area contributed by atoms with E-state index in [9.17, 15) is 22.8 Å². The van der Waals surface area contributed by atoms with E-state index in [0.717, 1.165) is 18.2 Å². The van der Waals surface area contributed by atoms with Gasteiger partial charge in [-0.2, -0.15) is 13.2 Å². The number of ether oxygens (including phenoxy) is 1. The lowest BCUT2D eigenvalue weighted by Gasteiger charge is -2.16. The molecule has 1 amide bonds. The third-order valence-corrected chi connectivity index (χ3v) is 3.36. The zero-order valence-electron chi connectivity index (χ0n) is 13.7. The number of alkyl halides is 3. The number of carbonyl (C=O) groups excluding carboxylic acids is 2. The molecule has 4 nitrogen and oxygen atoms in total. The predicted octanol–water partition coefficient (Wildman–Crippen LogP) is 3.42. The molecule has 0 saturated carbocycles. The minimum Gasteiger partial charge on any atom is -0.452 e. The quantitative estimate of drug-likeness (QED) is 0.636. The first kappa shape index (κ1) is 19.7. The molecule has 1 N–H and O–H groups in total. The Bertz CT molecular complexity index is 609. The normalized spacial score (nSPS) is 13.1. The van der Waals surface area contributed by atoms with Crippen molar-refractivity contribution in [3.05, 3.63) is 41.5 Å². The van der Waals surface area contributed by atoms with E-state index in [1.54, 1.807) is 0 Å². The molecule has 0 unspecified atom stereocenters. The van der Waals surface area contributed by atoms with Gasteiger partial charge in [0.2, 0.25) is 0 Å². The lowest BCUT2D eigenvalue weighted by atomic mass is 10.1. The van der Waals surface area contributed by atoms with Crippen LogP contribution in [0.15, 0.2) is 30.3 Å². The van der Waals surface area contributed by atoms with Gasteiger partial charge in [-0.25, -0.2) is 4.79 Å². The van der Waals surface area contributed by atoms with Crippen LogP contribution in [0, 0.1) is 5.92 Å². The highest BCUT2D eigenvalue weighted by molar-refractivity contribution is 5.89. The van der Waals surface area contributed by atoms with Gasteiger partial charge in [0.25, 0.3) is 5.91 Å². The topological polar surface area (TPSA) is 55.4 Å². The summed E-state index contributed by atoms with van der Waals surface area (Å²) in [4.78, 5) is 23.1. The standard InChI is InChI=1S/C17H20F3NO3/c1-11(2)12(3)21-15(22)10-24-16(23)8-7-13-5-4-6-14(9-13)17(18,19)20/h4-9,11-12H,10H2,1-3H3,(H,21,22)/b8-7+/t12-/m0/s1. The number of hydrogen-bond donors (Lipinski definition) is 1. The Hall–Kier alpha value is -2.31. The molecule has 1 aromatic carbocycles. The molecule has 0 aromatic heterocycles. The van der Waals surface area contributed by atoms with Gasteiger partial charge in [0.1, 0.15) is 0 Å². The Morgan fingerprint density at radius 2 is 1.92 bits per heavy atom. The fraction of sp³-hybridized carbons (Fsp3) is 0.412. The summed E-state index contributed by atoms with van der Waals surface area (Å²) in [6.07, 6.45) is -2.27. The van der Waals surface area contributed by atoms with E-state index < -0.39 is 30.2 Å². The summed E-state index contributed by atoms with van der Waals surface area (Å²) in [7, 11) is 0. The zero-order valence-corrected chi connectivity index (χ0v) is 13.7. The van der Waals surface area contributed by atoms with Gasteiger partial charge in [0.15, 0.2) is 6.61 Å². The van der Waals surface area contributed by atoms with Crippen molar-refractivity contribution in [2.45, 2.75) is 33.0 Å². The lowest BCUT2D eigenvalue weighted by Crippen LogP contribution is -2.38. The van der Waals surface area contributed by atoms with Crippen LogP contribution in [-0.2, 0) is 20.5 Å². The van der Waals surface area contributed by atoms with Crippen LogP contribution >= 0.6 is 0 Å². The van der Waals surface area contributed by atoms with E-state index >= 15 is 0 Å². The van der Waals surface area contributed by atoms with Gasteiger partial charge in [-0.1, -0.05) is 26.0 Å². The number of rotatable bonds is 6. The van der Waals surface area contributed by atoms with Gasteiger partial charge in [0, 0.05) is 12.1 Å². The van der Waals surface area contributed by atoms with Crippen molar-refractivity contribution < 1.29 is 27.5 Å². The Kier molecular flexibility index (Phi) is 7.00. The number of benzene rings is 1. The molecule has 1 atom stereocenters. The molecule has 0 aliphatic carbocycles. The number of hydrogen-bond acceptors (Lipinski definition) is 3. The van der Waals surface area contributed by atoms with Gasteiger partial charge >= 0.3 is 12.1 Å². The maximum Gasteiger partial charge on any atom is 0.416 e. The van der Waals surface area contributed by atoms with E-state index in [4.69, 9.17) is 4.74 Å². The molecule has 1 aromatic rings. The molecule has 0 fully saturated rings. The van der Waals surface area contributed by atoms with Crippen LogP contribution in [0.25, 0.3) is 6.08 Å². The summed E-state index contributed by atoms with van der Waals surface area (Å²) in [5, 5.41) is 2.67. The van der Waals surface area contributed by atoms with E-state index in [-0.39, 0.29) is 17.5 Å². The van der Waals surface area contributed by atoms with Crippen molar-refractivity contribution in [3.8, 4) is 0 Å². The molecule has 0 aliphatic rings. The monoisotopic (exact) mass is 343 g/mol. The third-order valence-electron chi connectivity index (χ3n) is 3.36. The van der Waals surface area contributed by atoms with Crippen LogP contribution < -0.4 is 5.32 Å². The fourth-order valence-electron chi connectivity index (χ4n) is 1.63. The van der Waals surface area contributed by atoms with Crippen molar-refractivity contribution in [2.24, 2.45) is 5.92 Å². The maximum absolute atomic E-state index is 12.6. The van der Waals surface area contributed by atoms with Crippen LogP contribution in [-0.4, -0.2) is 24.5 Å². The van der Waals surface area contributed by atoms with Gasteiger partial charge in [-0.15, -0.1) is 0 Å². The van der Waals surface area contributed by atoms with Crippen LogP contribution in [0.1, 0.15) is 31.9 Å². The highest BCUT2D eigenvalue weighted by Gasteiger charge is 2.30. The molecular formula is C17H20F3NO3. The van der Waals surface area contributed by atoms with E-state index in [0.29, 0.717) is 0 Å². The molecule has 0 spiro atoms. The van der Waals surface area contributed by atoms with Crippen LogP contribution in [0.5, 0.6) is 0 Å². The fourth-order valence-corrected chi connectivity index (χ4v) is 1.63. The first-order chi connectivity index (χ1) is 11.1. The van der Waals surface area contributed by atoms with Gasteiger partial charge in [-0.05, 0) is 36.6 Å². The first-order valence-electron chi connectivity index (χ1n) is 7.41. The van der Waals surface area contributed by atoms with Crippen molar-refractivity contribution in [1.82, 2.24) is 5.32 Å². The SMILES string of the molecule is CC(C)[C@H](C)NC(=O)COC(=O)/C=C/c1cccc(C(F)(F)F)c1. The molecule has 24 heavy (non-hydrogen) atoms. The minimum absolute atomic E-state index is 0.0585. The summed E-state index contributed by atoms with van der Waals surface area (Å²) in [6.45, 7) is 5.27. The second-order valence-corrected chi connectivity index (χ2v) is 5.66. The molecule has 0 aliphatic heterocycles. The summed E-state index contributed by atoms with van der Waals surface area (Å²) in [6, 6.07) is 4.47. The summed E-state index contributed by atoms with van der Waals surface area (Å²) in [5.74, 6) is -0.998. The summed E-state index contributed by atoms with van der Waals surface area (Å²) >= 11 is 0. The average molecular weight is 343 g/mol. The van der Waals surface area contributed by atoms with E-state index in [2.05, 4.69) is 5.32 Å². The van der Waals surface area contributed by atoms with Crippen molar-refractivity contribution in [1.29, 1.82) is 0 Å². The number of nitrogens with one attached hydrogen (secondary N) is 1. The maximum atomic E-state index is 12.6. The summed E-state index contributed by atoms with van der Waals surface area (Å²) in [5.41, 5.74) is -0.597. The number of carbonyl (C=O) groups is 2. The molecule has 0 saturated heterocycles. The van der Waals surface area contributed by atoms with Crippen LogP contribution in [0.2, 0.25) is 0 Å². The molecule has 7 heteroatoms. The second-order valence-electron chi connectivity index (χ2n) is 5.66. The van der Waals surface area contributed by atoms with Crippen LogP contribution in [0.3, 0.4) is 0 Å². The Morgan fingerprint density at radius 3 is 2.50 bits per heavy atom. The largest absolute Gasteiger partial charge is 0.452 e. The number of esters is 1. The van der Waals surface area contributed by atoms with Gasteiger partial charge < -0.3 is 10.1 Å². The zero-order chi connectivity index (χ0) is 18.3. The van der Waals surface area contributed by atoms with E-state index in [1.807, 2.05) is 20.8 Å². The molecule has 0 bridgehead atoms. The Labute approximate surface area is 138 Å². The molecular weight excluding hydrogens is 323 g/mol. The average Bonchev–Trinajstić information content (AvgIpc) is 2.50. The number of halogens is 3. The third kappa shape index (κ3) is 6.85. The van der Waals surface area contributed by atoms with Crippen molar-refractivity contribution in [3.63, 3.8) is 0 Å². The van der Waals surface area contributed by atoms with E-state index in [1.165, 1.54) is 18.2 Å². The molecule has 132 valence electrons. The minimum atomic E-state index is -4.45. The lowest BCUT2D eigenvalue weighted by molar-refractivity contribution is -0.144. The number of amides is 1. The van der Waals surface area contributed by atoms with Gasteiger partial charge in [0.05, 0.1) is 5.56 Å². The van der Waals surface area contributed by atoms with Crippen molar-refractivity contribution >= 4 is 18.0 Å². The first-order valence-corrected chi connectivity index (χ1v) is 7.41. The molecule has 1 rings (SSSR count). The van der Waals surface area contributed by atoms with Crippen molar-refractivity contribution in [2.75, 3.05) is 6.61 Å². The summed E-state index contributed by atoms with van der Waals surface area (Å²) < 4.78 is 42.5. The Balaban J connectivity index is 2.53. The highest BCUT2D eigenvalue weighted by atomic mass is 19.4. The molecule has 0 heterocycles.